The second kappa shape index (κ2) is 5.16. The number of nitrogens with zero attached hydrogens (tertiary/aromatic N) is 2. The summed E-state index contributed by atoms with van der Waals surface area (Å²) < 4.78 is 0.910. The molecule has 0 amide bonds. The van der Waals surface area contributed by atoms with Gasteiger partial charge in [0.1, 0.15) is 0 Å². The molecule has 0 saturated heterocycles. The van der Waals surface area contributed by atoms with Crippen LogP contribution in [0.3, 0.4) is 0 Å². The summed E-state index contributed by atoms with van der Waals surface area (Å²) in [6.07, 6.45) is 3.29. The first-order valence-corrected chi connectivity index (χ1v) is 5.77. The van der Waals surface area contributed by atoms with E-state index in [2.05, 4.69) is 10.2 Å². The van der Waals surface area contributed by atoms with Crippen molar-refractivity contribution in [3.8, 4) is 0 Å². The van der Waals surface area contributed by atoms with Crippen LogP contribution in [0.25, 0.3) is 12.2 Å². The van der Waals surface area contributed by atoms with Crippen LogP contribution in [0, 0.1) is 4.77 Å². The van der Waals surface area contributed by atoms with Gasteiger partial charge in [-0.1, -0.05) is 29.8 Å². The number of rotatable bonds is 2. The Labute approximate surface area is 112 Å². The quantitative estimate of drug-likeness (QED) is 0.650. The molecule has 18 heavy (non-hydrogen) atoms. The van der Waals surface area contributed by atoms with E-state index in [1.165, 1.54) is 0 Å². The van der Waals surface area contributed by atoms with Crippen LogP contribution in [0.2, 0.25) is 5.02 Å². The van der Waals surface area contributed by atoms with E-state index in [0.29, 0.717) is 5.02 Å². The Balaban J connectivity index is 2.35. The van der Waals surface area contributed by atoms with Gasteiger partial charge in [-0.3, -0.25) is 9.89 Å². The molecule has 0 spiro atoms. The fourth-order valence-corrected chi connectivity index (χ4v) is 1.54. The van der Waals surface area contributed by atoms with Crippen LogP contribution >= 0.6 is 23.8 Å². The average molecular weight is 281 g/mol. The van der Waals surface area contributed by atoms with E-state index >= 15 is 0 Å². The lowest BCUT2D eigenvalue weighted by atomic mass is 10.2. The lowest BCUT2D eigenvalue weighted by Gasteiger charge is -1.98. The number of H-pyrrole nitrogens is 1. The number of halogens is 1. The van der Waals surface area contributed by atoms with Crippen molar-refractivity contribution >= 4 is 36.0 Å². The largest absolute Gasteiger partial charge is 0.334 e. The number of nitrogens with two attached hydrogens (primary N) is 1. The van der Waals surface area contributed by atoms with Crippen molar-refractivity contribution in [2.75, 3.05) is 5.84 Å². The monoisotopic (exact) mass is 280 g/mol. The first-order valence-electron chi connectivity index (χ1n) is 4.98. The number of hydrogen-bond acceptors (Lipinski definition) is 4. The minimum Gasteiger partial charge on any atom is -0.334 e. The molecule has 0 aliphatic rings. The molecule has 0 aliphatic carbocycles. The van der Waals surface area contributed by atoms with Crippen molar-refractivity contribution in [3.05, 3.63) is 55.7 Å². The van der Waals surface area contributed by atoms with E-state index in [4.69, 9.17) is 29.7 Å². The highest BCUT2D eigenvalue weighted by Crippen LogP contribution is 2.11. The predicted molar refractivity (Wildman–Crippen MR) is 74.2 cm³/mol. The minimum atomic E-state index is -0.455. The molecule has 1 aromatic carbocycles. The molecule has 2 rings (SSSR count). The molecule has 0 fully saturated rings. The van der Waals surface area contributed by atoms with Crippen LogP contribution in [0.1, 0.15) is 11.3 Å². The zero-order valence-electron chi connectivity index (χ0n) is 9.13. The fourth-order valence-electron chi connectivity index (χ4n) is 1.28. The van der Waals surface area contributed by atoms with Gasteiger partial charge >= 0.3 is 0 Å². The van der Waals surface area contributed by atoms with Gasteiger partial charge in [-0.25, -0.2) is 0 Å². The SMILES string of the molecule is Nn1c(=S)[nH]nc(/C=C\c2ccc(Cl)cc2)c1=O. The Bertz CT molecular complexity index is 702. The molecule has 5 nitrogen and oxygen atoms in total. The summed E-state index contributed by atoms with van der Waals surface area (Å²) in [7, 11) is 0. The molecule has 0 atom stereocenters. The Hall–Kier alpha value is -1.92. The number of hydrogen-bond donors (Lipinski definition) is 2. The molecular weight excluding hydrogens is 272 g/mol. The van der Waals surface area contributed by atoms with Crippen molar-refractivity contribution < 1.29 is 0 Å². The zero-order valence-corrected chi connectivity index (χ0v) is 10.7. The van der Waals surface area contributed by atoms with Crippen LogP contribution in [0.5, 0.6) is 0 Å². The van der Waals surface area contributed by atoms with Gasteiger partial charge in [0.15, 0.2) is 5.69 Å². The predicted octanol–water partition coefficient (Wildman–Crippen LogP) is 1.84. The summed E-state index contributed by atoms with van der Waals surface area (Å²) >= 11 is 10.5. The zero-order chi connectivity index (χ0) is 13.1. The second-order valence-corrected chi connectivity index (χ2v) is 4.30. The molecule has 0 aliphatic heterocycles. The Kier molecular flexibility index (Phi) is 3.59. The number of benzene rings is 1. The summed E-state index contributed by atoms with van der Waals surface area (Å²) in [5.41, 5.74) is 0.622. The molecular formula is C11H9ClN4OS. The third-order valence-corrected chi connectivity index (χ3v) is 2.77. The highest BCUT2D eigenvalue weighted by molar-refractivity contribution is 7.71. The van der Waals surface area contributed by atoms with E-state index in [1.54, 1.807) is 24.3 Å². The highest BCUT2D eigenvalue weighted by Gasteiger charge is 2.00. The van der Waals surface area contributed by atoms with Gasteiger partial charge in [0.05, 0.1) is 0 Å². The van der Waals surface area contributed by atoms with Gasteiger partial charge in [-0.2, -0.15) is 9.77 Å². The molecule has 7 heteroatoms. The normalized spacial score (nSPS) is 10.9. The Morgan fingerprint density at radius 1 is 1.33 bits per heavy atom. The van der Waals surface area contributed by atoms with Crippen LogP contribution in [-0.4, -0.2) is 14.9 Å². The summed E-state index contributed by atoms with van der Waals surface area (Å²) in [5.74, 6) is 5.45. The van der Waals surface area contributed by atoms with Crippen LogP contribution in [0.15, 0.2) is 29.1 Å². The fraction of sp³-hybridized carbons (Fsp3) is 0. The molecule has 0 bridgehead atoms. The van der Waals surface area contributed by atoms with Crippen LogP contribution < -0.4 is 11.4 Å². The van der Waals surface area contributed by atoms with Crippen LogP contribution in [-0.2, 0) is 0 Å². The first kappa shape index (κ1) is 12.5. The van der Waals surface area contributed by atoms with Gasteiger partial charge in [0.25, 0.3) is 5.56 Å². The van der Waals surface area contributed by atoms with E-state index < -0.39 is 5.56 Å². The maximum Gasteiger partial charge on any atom is 0.298 e. The summed E-state index contributed by atoms with van der Waals surface area (Å²) in [6.45, 7) is 0. The van der Waals surface area contributed by atoms with Crippen LogP contribution in [0.4, 0.5) is 0 Å². The summed E-state index contributed by atoms with van der Waals surface area (Å²) in [5, 5.41) is 6.95. The van der Waals surface area contributed by atoms with E-state index in [-0.39, 0.29) is 10.5 Å². The third-order valence-electron chi connectivity index (χ3n) is 2.23. The number of aromatic nitrogens is 3. The number of aromatic amines is 1. The van der Waals surface area contributed by atoms with E-state index in [1.807, 2.05) is 12.1 Å². The van der Waals surface area contributed by atoms with Crippen molar-refractivity contribution in [3.63, 3.8) is 0 Å². The van der Waals surface area contributed by atoms with Gasteiger partial charge in [0.2, 0.25) is 4.77 Å². The average Bonchev–Trinajstić information content (AvgIpc) is 2.37. The molecule has 92 valence electrons. The smallest absolute Gasteiger partial charge is 0.298 e. The minimum absolute atomic E-state index is 0.0728. The standard InChI is InChI=1S/C11H9ClN4OS/c12-8-4-1-7(2-5-8)3-6-9-10(17)16(13)11(18)15-14-9/h1-6H,13H2,(H,15,18)/b6-3-. The molecule has 0 saturated carbocycles. The molecule has 3 N–H and O–H groups in total. The van der Waals surface area contributed by atoms with Crippen molar-refractivity contribution in [1.82, 2.24) is 14.9 Å². The second-order valence-electron chi connectivity index (χ2n) is 3.47. The topological polar surface area (TPSA) is 76.7 Å². The van der Waals surface area contributed by atoms with Crippen molar-refractivity contribution in [1.29, 1.82) is 0 Å². The number of nitrogen functional groups attached to an aromatic ring is 1. The number of nitrogens with one attached hydrogen (secondary N) is 1. The van der Waals surface area contributed by atoms with E-state index in [0.717, 1.165) is 10.2 Å². The van der Waals surface area contributed by atoms with Gasteiger partial charge in [0, 0.05) is 5.02 Å². The molecule has 1 heterocycles. The van der Waals surface area contributed by atoms with Crippen molar-refractivity contribution in [2.24, 2.45) is 0 Å². The van der Waals surface area contributed by atoms with Gasteiger partial charge in [-0.15, -0.1) is 0 Å². The molecule has 0 unspecified atom stereocenters. The summed E-state index contributed by atoms with van der Waals surface area (Å²) in [6, 6.07) is 7.17. The first-order chi connectivity index (χ1) is 8.58. The maximum absolute atomic E-state index is 11.7. The van der Waals surface area contributed by atoms with Gasteiger partial charge in [-0.05, 0) is 36.0 Å². The molecule has 2 aromatic rings. The lowest BCUT2D eigenvalue weighted by molar-refractivity contribution is 0.793. The summed E-state index contributed by atoms with van der Waals surface area (Å²) in [4.78, 5) is 11.7. The molecule has 0 radical (unpaired) electrons. The van der Waals surface area contributed by atoms with E-state index in [9.17, 15) is 4.79 Å². The van der Waals surface area contributed by atoms with Crippen molar-refractivity contribution in [2.45, 2.75) is 0 Å². The Morgan fingerprint density at radius 3 is 2.67 bits per heavy atom. The lowest BCUT2D eigenvalue weighted by Crippen LogP contribution is -2.31. The van der Waals surface area contributed by atoms with Gasteiger partial charge < -0.3 is 5.84 Å². The third kappa shape index (κ3) is 2.66. The Morgan fingerprint density at radius 2 is 2.00 bits per heavy atom. The molecule has 1 aromatic heterocycles. The highest BCUT2D eigenvalue weighted by atomic mass is 35.5. The maximum atomic E-state index is 11.7.